The maximum Gasteiger partial charge on any atom is 0.247 e. The summed E-state index contributed by atoms with van der Waals surface area (Å²) < 4.78 is 28.4. The average molecular weight is 530 g/mol. The molecule has 4 N–H and O–H groups in total. The molecule has 0 aromatic heterocycles. The van der Waals surface area contributed by atoms with Gasteiger partial charge in [0.15, 0.2) is 0 Å². The lowest BCUT2D eigenvalue weighted by Crippen LogP contribution is -2.52. The molecule has 2 amide bonds. The molecule has 1 fully saturated rings. The molecule has 0 aliphatic carbocycles. The smallest absolute Gasteiger partial charge is 0.247 e. The van der Waals surface area contributed by atoms with Crippen molar-refractivity contribution in [1.29, 1.82) is 5.41 Å². The van der Waals surface area contributed by atoms with Crippen molar-refractivity contribution in [2.24, 2.45) is 5.73 Å². The van der Waals surface area contributed by atoms with Gasteiger partial charge in [-0.1, -0.05) is 38.1 Å². The number of nitrogen functional groups attached to an aromatic ring is 1. The van der Waals surface area contributed by atoms with Gasteiger partial charge in [-0.25, -0.2) is 8.42 Å². The molecule has 0 atom stereocenters. The van der Waals surface area contributed by atoms with Crippen LogP contribution in [0.25, 0.3) is 0 Å². The summed E-state index contributed by atoms with van der Waals surface area (Å²) in [5.41, 5.74) is 7.76. The van der Waals surface area contributed by atoms with E-state index in [1.165, 1.54) is 24.6 Å². The van der Waals surface area contributed by atoms with Gasteiger partial charge in [-0.15, -0.1) is 0 Å². The molecule has 1 aliphatic heterocycles. The maximum atomic E-state index is 13.7. The SMILES string of the molecule is CC(=O)N1CCN(C(=O)CN(CCc2ccc(C(C)C)cc2)S(=O)(=O)c2cc(C(=N)N)ccc2O)CC1. The number of amides is 2. The highest BCUT2D eigenvalue weighted by atomic mass is 32.2. The molecule has 1 saturated heterocycles. The number of carbonyl (C=O) groups excluding carboxylic acids is 2. The number of piperazine rings is 1. The monoisotopic (exact) mass is 529 g/mol. The number of sulfonamides is 1. The summed E-state index contributed by atoms with van der Waals surface area (Å²) in [6.07, 6.45) is 0.357. The molecule has 1 heterocycles. The predicted octanol–water partition coefficient (Wildman–Crippen LogP) is 1.72. The normalized spacial score (nSPS) is 14.3. The van der Waals surface area contributed by atoms with Gasteiger partial charge in [0.05, 0.1) is 6.54 Å². The fourth-order valence-electron chi connectivity index (χ4n) is 4.16. The highest BCUT2D eigenvalue weighted by Crippen LogP contribution is 2.27. The number of amidine groups is 1. The van der Waals surface area contributed by atoms with E-state index in [4.69, 9.17) is 11.1 Å². The number of benzene rings is 2. The fourth-order valence-corrected chi connectivity index (χ4v) is 5.65. The zero-order valence-corrected chi connectivity index (χ0v) is 22.3. The third-order valence-corrected chi connectivity index (χ3v) is 8.45. The highest BCUT2D eigenvalue weighted by molar-refractivity contribution is 7.89. The van der Waals surface area contributed by atoms with Crippen LogP contribution < -0.4 is 5.73 Å². The molecule has 11 heteroatoms. The molecular formula is C26H35N5O5S. The molecule has 200 valence electrons. The largest absolute Gasteiger partial charge is 0.507 e. The van der Waals surface area contributed by atoms with Gasteiger partial charge in [0.1, 0.15) is 16.5 Å². The lowest BCUT2D eigenvalue weighted by Gasteiger charge is -2.35. The first kappa shape index (κ1) is 28.1. The molecule has 3 rings (SSSR count). The quantitative estimate of drug-likeness (QED) is 0.333. The van der Waals surface area contributed by atoms with Crippen molar-refractivity contribution in [3.63, 3.8) is 0 Å². The number of carbonyl (C=O) groups is 2. The molecule has 0 bridgehead atoms. The summed E-state index contributed by atoms with van der Waals surface area (Å²) in [6, 6.07) is 11.6. The van der Waals surface area contributed by atoms with Crippen LogP contribution in [-0.2, 0) is 26.0 Å². The first-order valence-electron chi connectivity index (χ1n) is 12.2. The van der Waals surface area contributed by atoms with Crippen LogP contribution in [0.4, 0.5) is 0 Å². The summed E-state index contributed by atoms with van der Waals surface area (Å²) in [6.45, 7) is 6.64. The van der Waals surface area contributed by atoms with E-state index in [0.29, 0.717) is 38.5 Å². The number of nitrogens with zero attached hydrogens (tertiary/aromatic N) is 3. The van der Waals surface area contributed by atoms with Crippen molar-refractivity contribution in [3.8, 4) is 5.75 Å². The van der Waals surface area contributed by atoms with Crippen molar-refractivity contribution < 1.29 is 23.1 Å². The van der Waals surface area contributed by atoms with E-state index in [0.717, 1.165) is 15.9 Å². The van der Waals surface area contributed by atoms with Crippen molar-refractivity contribution >= 4 is 27.7 Å². The number of hydrogen-bond donors (Lipinski definition) is 3. The Balaban J connectivity index is 1.86. The molecule has 10 nitrogen and oxygen atoms in total. The summed E-state index contributed by atoms with van der Waals surface area (Å²) in [7, 11) is -4.32. The number of aromatic hydroxyl groups is 1. The number of phenolic OH excluding ortho intramolecular Hbond substituents is 1. The zero-order chi connectivity index (χ0) is 27.3. The van der Waals surface area contributed by atoms with Crippen molar-refractivity contribution in [2.75, 3.05) is 39.3 Å². The second kappa shape index (κ2) is 11.7. The van der Waals surface area contributed by atoms with Gasteiger partial charge in [0.25, 0.3) is 0 Å². The topological polar surface area (TPSA) is 148 Å². The van der Waals surface area contributed by atoms with Crippen LogP contribution in [0.2, 0.25) is 0 Å². The van der Waals surface area contributed by atoms with Gasteiger partial charge < -0.3 is 20.6 Å². The minimum Gasteiger partial charge on any atom is -0.507 e. The number of nitrogens with one attached hydrogen (secondary N) is 1. The van der Waals surface area contributed by atoms with E-state index < -0.39 is 27.2 Å². The molecule has 1 aliphatic rings. The molecule has 2 aromatic carbocycles. The van der Waals surface area contributed by atoms with Gasteiger partial charge in [0, 0.05) is 45.2 Å². The first-order chi connectivity index (χ1) is 17.4. The van der Waals surface area contributed by atoms with Gasteiger partial charge in [-0.3, -0.25) is 15.0 Å². The van der Waals surface area contributed by atoms with Gasteiger partial charge in [-0.2, -0.15) is 4.31 Å². The summed E-state index contributed by atoms with van der Waals surface area (Å²) in [4.78, 5) is 27.5. The van der Waals surface area contributed by atoms with Gasteiger partial charge in [-0.05, 0) is 41.7 Å². The van der Waals surface area contributed by atoms with Crippen molar-refractivity contribution in [2.45, 2.75) is 38.0 Å². The van der Waals surface area contributed by atoms with E-state index in [-0.39, 0.29) is 29.8 Å². The molecule has 0 spiro atoms. The Labute approximate surface area is 218 Å². The Bertz CT molecular complexity index is 1250. The second-order valence-electron chi connectivity index (χ2n) is 9.47. The highest BCUT2D eigenvalue weighted by Gasteiger charge is 2.32. The lowest BCUT2D eigenvalue weighted by atomic mass is 10.0. The Morgan fingerprint density at radius 1 is 1.05 bits per heavy atom. The molecule has 0 unspecified atom stereocenters. The van der Waals surface area contributed by atoms with Crippen LogP contribution in [-0.4, -0.2) is 84.5 Å². The average Bonchev–Trinajstić information content (AvgIpc) is 2.86. The summed E-state index contributed by atoms with van der Waals surface area (Å²) in [5, 5.41) is 18.0. The first-order valence-corrected chi connectivity index (χ1v) is 13.6. The van der Waals surface area contributed by atoms with Crippen LogP contribution in [0, 0.1) is 5.41 Å². The number of hydrogen-bond acceptors (Lipinski definition) is 6. The van der Waals surface area contributed by atoms with Crippen molar-refractivity contribution in [3.05, 3.63) is 59.2 Å². The zero-order valence-electron chi connectivity index (χ0n) is 21.5. The second-order valence-corrected chi connectivity index (χ2v) is 11.4. The predicted molar refractivity (Wildman–Crippen MR) is 141 cm³/mol. The third-order valence-electron chi connectivity index (χ3n) is 6.57. The van der Waals surface area contributed by atoms with Crippen LogP contribution in [0.5, 0.6) is 5.75 Å². The minimum absolute atomic E-state index is 0.00620. The lowest BCUT2D eigenvalue weighted by molar-refractivity contribution is -0.138. The third kappa shape index (κ3) is 6.86. The maximum absolute atomic E-state index is 13.7. The Morgan fingerprint density at radius 2 is 1.65 bits per heavy atom. The van der Waals surface area contributed by atoms with Crippen LogP contribution in [0.15, 0.2) is 47.4 Å². The van der Waals surface area contributed by atoms with Crippen molar-refractivity contribution in [1.82, 2.24) is 14.1 Å². The molecule has 0 saturated carbocycles. The van der Waals surface area contributed by atoms with E-state index >= 15 is 0 Å². The summed E-state index contributed by atoms with van der Waals surface area (Å²) >= 11 is 0. The minimum atomic E-state index is -4.32. The van der Waals surface area contributed by atoms with E-state index in [2.05, 4.69) is 13.8 Å². The number of rotatable bonds is 9. The molecule has 0 radical (unpaired) electrons. The molecule has 2 aromatic rings. The van der Waals surface area contributed by atoms with Crippen LogP contribution in [0.3, 0.4) is 0 Å². The Hall–Kier alpha value is -3.44. The summed E-state index contributed by atoms with van der Waals surface area (Å²) in [5.74, 6) is -0.917. The van der Waals surface area contributed by atoms with E-state index in [1.807, 2.05) is 24.3 Å². The van der Waals surface area contributed by atoms with Crippen LogP contribution in [0.1, 0.15) is 43.4 Å². The number of phenols is 1. The standard InChI is InChI=1S/C26H35N5O5S/c1-18(2)21-6-4-20(5-7-21)10-11-31(17-25(34)30-14-12-29(13-15-30)19(3)32)37(35,36)24-16-22(26(27)28)8-9-23(24)33/h4-9,16,18,33H,10-15,17H2,1-3H3,(H3,27,28). The van der Waals surface area contributed by atoms with Crippen LogP contribution >= 0.6 is 0 Å². The Morgan fingerprint density at radius 3 is 2.19 bits per heavy atom. The van der Waals surface area contributed by atoms with E-state index in [1.54, 1.807) is 9.80 Å². The fraction of sp³-hybridized carbons (Fsp3) is 0.423. The van der Waals surface area contributed by atoms with E-state index in [9.17, 15) is 23.1 Å². The molecular weight excluding hydrogens is 494 g/mol. The Kier molecular flexibility index (Phi) is 8.93. The van der Waals surface area contributed by atoms with Gasteiger partial charge >= 0.3 is 0 Å². The molecule has 37 heavy (non-hydrogen) atoms. The number of nitrogens with two attached hydrogens (primary N) is 1. The van der Waals surface area contributed by atoms with Gasteiger partial charge in [0.2, 0.25) is 21.8 Å².